The number of halogens is 2. The fourth-order valence-electron chi connectivity index (χ4n) is 4.31. The maximum atomic E-state index is 13.6. The largest absolute Gasteiger partial charge is 0.493 e. The minimum atomic E-state index is -1.31. The molecular weight excluding hydrogens is 505 g/mol. The van der Waals surface area contributed by atoms with E-state index in [1.54, 1.807) is 36.4 Å². The van der Waals surface area contributed by atoms with Gasteiger partial charge in [-0.2, -0.15) is 0 Å². The van der Waals surface area contributed by atoms with E-state index < -0.39 is 11.4 Å². The quantitative estimate of drug-likeness (QED) is 0.330. The third-order valence-electron chi connectivity index (χ3n) is 5.95. The van der Waals surface area contributed by atoms with Crippen molar-refractivity contribution in [2.45, 2.75) is 12.0 Å². The van der Waals surface area contributed by atoms with Gasteiger partial charge in [0.15, 0.2) is 11.5 Å². The lowest BCUT2D eigenvalue weighted by Gasteiger charge is -2.31. The molecule has 188 valence electrons. The molecule has 10 heteroatoms. The molecule has 1 atom stereocenters. The van der Waals surface area contributed by atoms with Crippen LogP contribution in [0.15, 0.2) is 54.6 Å². The monoisotopic (exact) mass is 529 g/mol. The number of carbonyl (C=O) groups excluding carboxylic acids is 2. The highest BCUT2D eigenvalue weighted by molar-refractivity contribution is 6.31. The zero-order valence-electron chi connectivity index (χ0n) is 19.7. The Bertz CT molecular complexity index is 1320. The summed E-state index contributed by atoms with van der Waals surface area (Å²) in [6.45, 7) is -0.168. The smallest absolute Gasteiger partial charge is 0.255 e. The van der Waals surface area contributed by atoms with Crippen molar-refractivity contribution in [1.82, 2.24) is 5.32 Å². The van der Waals surface area contributed by atoms with E-state index in [9.17, 15) is 14.7 Å². The average molecular weight is 530 g/mol. The van der Waals surface area contributed by atoms with Crippen LogP contribution in [-0.4, -0.2) is 44.3 Å². The summed E-state index contributed by atoms with van der Waals surface area (Å²) in [5.41, 5.74) is 1.27. The Hall–Kier alpha value is -3.46. The van der Waals surface area contributed by atoms with Gasteiger partial charge in [0.05, 0.1) is 32.1 Å². The van der Waals surface area contributed by atoms with Crippen molar-refractivity contribution in [3.8, 4) is 11.5 Å². The molecule has 0 fully saturated rings. The third kappa shape index (κ3) is 4.93. The maximum absolute atomic E-state index is 13.6. The highest BCUT2D eigenvalue weighted by atomic mass is 35.5. The van der Waals surface area contributed by atoms with Gasteiger partial charge in [-0.15, -0.1) is 0 Å². The average Bonchev–Trinajstić information content (AvgIpc) is 3.11. The Morgan fingerprint density at radius 3 is 2.44 bits per heavy atom. The predicted octanol–water partition coefficient (Wildman–Crippen LogP) is 4.23. The lowest BCUT2D eigenvalue weighted by Crippen LogP contribution is -2.45. The molecule has 0 saturated heterocycles. The van der Waals surface area contributed by atoms with E-state index in [-0.39, 0.29) is 31.0 Å². The molecule has 1 unspecified atom stereocenters. The maximum Gasteiger partial charge on any atom is 0.255 e. The molecular formula is C26H25Cl2N3O5. The van der Waals surface area contributed by atoms with E-state index in [2.05, 4.69) is 16.0 Å². The number of amides is 2. The summed E-state index contributed by atoms with van der Waals surface area (Å²) in [5, 5.41) is 19.1. The molecule has 0 saturated carbocycles. The molecule has 0 spiro atoms. The number of carbonyl (C=O) groups is 2. The van der Waals surface area contributed by atoms with E-state index in [0.717, 1.165) is 5.56 Å². The summed E-state index contributed by atoms with van der Waals surface area (Å²) in [4.78, 5) is 26.7. The molecule has 1 aliphatic rings. The van der Waals surface area contributed by atoms with Crippen LogP contribution in [0.5, 0.6) is 11.5 Å². The SMILES string of the molecule is COc1cc(NC2(Cc3cccc(Cl)c3)C(=O)Nc3cc(Cl)ccc32)c(C(=O)NCCO)cc1OC. The van der Waals surface area contributed by atoms with Crippen LogP contribution < -0.4 is 25.4 Å². The summed E-state index contributed by atoms with van der Waals surface area (Å²) in [6.07, 6.45) is 0.222. The van der Waals surface area contributed by atoms with Crippen molar-refractivity contribution in [3.05, 3.63) is 81.3 Å². The minimum Gasteiger partial charge on any atom is -0.493 e. The molecule has 4 N–H and O–H groups in total. The first kappa shape index (κ1) is 25.6. The third-order valence-corrected chi connectivity index (χ3v) is 6.42. The van der Waals surface area contributed by atoms with Gasteiger partial charge in [-0.3, -0.25) is 9.59 Å². The molecule has 3 aromatic rings. The van der Waals surface area contributed by atoms with Gasteiger partial charge in [0, 0.05) is 40.3 Å². The molecule has 8 nitrogen and oxygen atoms in total. The van der Waals surface area contributed by atoms with Gasteiger partial charge in [-0.05, 0) is 35.9 Å². The number of benzene rings is 3. The van der Waals surface area contributed by atoms with Gasteiger partial charge in [0.1, 0.15) is 5.54 Å². The van der Waals surface area contributed by atoms with Crippen LogP contribution in [0.3, 0.4) is 0 Å². The fourth-order valence-corrected chi connectivity index (χ4v) is 4.69. The highest BCUT2D eigenvalue weighted by Gasteiger charge is 2.47. The van der Waals surface area contributed by atoms with Crippen molar-refractivity contribution < 1.29 is 24.2 Å². The first-order valence-electron chi connectivity index (χ1n) is 11.1. The van der Waals surface area contributed by atoms with Crippen LogP contribution >= 0.6 is 23.2 Å². The number of aliphatic hydroxyl groups excluding tert-OH is 1. The Labute approximate surface area is 218 Å². The van der Waals surface area contributed by atoms with Crippen molar-refractivity contribution >= 4 is 46.4 Å². The van der Waals surface area contributed by atoms with Gasteiger partial charge in [0.2, 0.25) is 0 Å². The molecule has 3 aromatic carbocycles. The molecule has 1 heterocycles. The Morgan fingerprint density at radius 1 is 1.03 bits per heavy atom. The highest BCUT2D eigenvalue weighted by Crippen LogP contribution is 2.44. The van der Waals surface area contributed by atoms with Gasteiger partial charge in [-0.1, -0.05) is 41.4 Å². The zero-order valence-corrected chi connectivity index (χ0v) is 21.2. The topological polar surface area (TPSA) is 109 Å². The Morgan fingerprint density at radius 2 is 1.75 bits per heavy atom. The van der Waals surface area contributed by atoms with E-state index in [4.69, 9.17) is 32.7 Å². The number of methoxy groups -OCH3 is 2. The fraction of sp³-hybridized carbons (Fsp3) is 0.231. The molecule has 0 bridgehead atoms. The van der Waals surface area contributed by atoms with E-state index >= 15 is 0 Å². The zero-order chi connectivity index (χ0) is 25.9. The number of aliphatic hydroxyl groups is 1. The van der Waals surface area contributed by atoms with Crippen molar-refractivity contribution in [1.29, 1.82) is 0 Å². The lowest BCUT2D eigenvalue weighted by atomic mass is 9.84. The number of fused-ring (bicyclic) bond motifs is 1. The van der Waals surface area contributed by atoms with Gasteiger partial charge < -0.3 is 30.5 Å². The Kier molecular flexibility index (Phi) is 7.59. The van der Waals surface area contributed by atoms with Gasteiger partial charge >= 0.3 is 0 Å². The van der Waals surface area contributed by atoms with E-state index in [1.807, 2.05) is 12.1 Å². The second kappa shape index (κ2) is 10.7. The molecule has 0 aromatic heterocycles. The first-order valence-corrected chi connectivity index (χ1v) is 11.9. The van der Waals surface area contributed by atoms with Crippen LogP contribution in [0.2, 0.25) is 10.0 Å². The normalized spacial score (nSPS) is 16.2. The van der Waals surface area contributed by atoms with Crippen molar-refractivity contribution in [2.24, 2.45) is 0 Å². The van der Waals surface area contributed by atoms with Crippen LogP contribution in [0.25, 0.3) is 0 Å². The molecule has 0 aliphatic carbocycles. The molecule has 2 amide bonds. The van der Waals surface area contributed by atoms with E-state index in [1.165, 1.54) is 20.3 Å². The standard InChI is InChI=1S/C26H25Cl2N3O5/c1-35-22-12-18(24(33)29-8-9-32)20(13-23(22)36-2)31-26(14-15-4-3-5-16(27)10-15)19-7-6-17(28)11-21(19)30-25(26)34/h3-7,10-13,31-32H,8-9,14H2,1-2H3,(H,29,33)(H,30,34). The number of nitrogens with one attached hydrogen (secondary N) is 3. The molecule has 1 aliphatic heterocycles. The first-order chi connectivity index (χ1) is 17.3. The summed E-state index contributed by atoms with van der Waals surface area (Å²) in [7, 11) is 2.94. The number of rotatable bonds is 9. The molecule has 0 radical (unpaired) electrons. The second-order valence-electron chi connectivity index (χ2n) is 8.21. The summed E-state index contributed by atoms with van der Waals surface area (Å²) < 4.78 is 10.9. The van der Waals surface area contributed by atoms with Crippen LogP contribution in [-0.2, 0) is 16.8 Å². The van der Waals surface area contributed by atoms with Gasteiger partial charge in [0.25, 0.3) is 11.8 Å². The summed E-state index contributed by atoms with van der Waals surface area (Å²) in [6, 6.07) is 15.5. The van der Waals surface area contributed by atoms with Gasteiger partial charge in [-0.25, -0.2) is 0 Å². The Balaban J connectivity index is 1.89. The lowest BCUT2D eigenvalue weighted by molar-refractivity contribution is -0.119. The number of ether oxygens (including phenoxy) is 2. The van der Waals surface area contributed by atoms with Crippen molar-refractivity contribution in [2.75, 3.05) is 38.0 Å². The van der Waals surface area contributed by atoms with E-state index in [0.29, 0.717) is 38.5 Å². The molecule has 4 rings (SSSR count). The number of anilines is 2. The van der Waals surface area contributed by atoms with Crippen LogP contribution in [0.1, 0.15) is 21.5 Å². The summed E-state index contributed by atoms with van der Waals surface area (Å²) >= 11 is 12.4. The molecule has 36 heavy (non-hydrogen) atoms. The minimum absolute atomic E-state index is 0.0576. The summed E-state index contributed by atoms with van der Waals surface area (Å²) in [5.74, 6) is -0.0770. The van der Waals surface area contributed by atoms with Crippen LogP contribution in [0.4, 0.5) is 11.4 Å². The van der Waals surface area contributed by atoms with Crippen LogP contribution in [0, 0.1) is 0 Å². The number of hydrogen-bond donors (Lipinski definition) is 4. The number of hydrogen-bond acceptors (Lipinski definition) is 6. The van der Waals surface area contributed by atoms with Crippen molar-refractivity contribution in [3.63, 3.8) is 0 Å². The second-order valence-corrected chi connectivity index (χ2v) is 9.09. The predicted molar refractivity (Wildman–Crippen MR) is 140 cm³/mol.